The number of benzene rings is 1. The number of hydrogen-bond acceptors (Lipinski definition) is 4. The zero-order valence-corrected chi connectivity index (χ0v) is 11.9. The van der Waals surface area contributed by atoms with Gasteiger partial charge in [-0.3, -0.25) is 0 Å². The van der Waals surface area contributed by atoms with Gasteiger partial charge in [-0.15, -0.1) is 0 Å². The van der Waals surface area contributed by atoms with Crippen LogP contribution in [0.3, 0.4) is 0 Å². The molecule has 0 saturated carbocycles. The number of esters is 1. The van der Waals surface area contributed by atoms with Gasteiger partial charge in [0, 0.05) is 12.0 Å². The maximum atomic E-state index is 12.7. The lowest BCUT2D eigenvalue weighted by atomic mass is 10.1. The molecule has 1 atom stereocenters. The Bertz CT molecular complexity index is 699. The van der Waals surface area contributed by atoms with Crippen LogP contribution in [-0.4, -0.2) is 25.3 Å². The van der Waals surface area contributed by atoms with Gasteiger partial charge in [-0.05, 0) is 24.3 Å². The van der Waals surface area contributed by atoms with Crippen LogP contribution < -0.4 is 0 Å². The molecule has 2 heterocycles. The summed E-state index contributed by atoms with van der Waals surface area (Å²) in [5.74, 6) is -0.534. The summed E-state index contributed by atoms with van der Waals surface area (Å²) in [4.78, 5) is 11.9. The van der Waals surface area contributed by atoms with Gasteiger partial charge >= 0.3 is 12.1 Å². The largest absolute Gasteiger partial charge is 0.454 e. The molecule has 1 fully saturated rings. The second kappa shape index (κ2) is 6.08. The SMILES string of the molecule is O=C(OC1CCOC1)c1ccc(-c2cccc(C(F)(F)F)c2)o1. The van der Waals surface area contributed by atoms with Crippen LogP contribution in [0.5, 0.6) is 0 Å². The van der Waals surface area contributed by atoms with E-state index in [1.165, 1.54) is 24.3 Å². The van der Waals surface area contributed by atoms with Crippen molar-refractivity contribution in [3.63, 3.8) is 0 Å². The van der Waals surface area contributed by atoms with Crippen LogP contribution in [0.15, 0.2) is 40.8 Å². The number of halogens is 3. The first-order valence-corrected chi connectivity index (χ1v) is 7.00. The molecular formula is C16H13F3O4. The van der Waals surface area contributed by atoms with Gasteiger partial charge in [0.15, 0.2) is 0 Å². The Morgan fingerprint density at radius 1 is 1.22 bits per heavy atom. The van der Waals surface area contributed by atoms with Gasteiger partial charge in [-0.25, -0.2) is 4.79 Å². The molecule has 1 aromatic heterocycles. The van der Waals surface area contributed by atoms with Gasteiger partial charge in [0.25, 0.3) is 0 Å². The van der Waals surface area contributed by atoms with Crippen LogP contribution in [0.2, 0.25) is 0 Å². The van der Waals surface area contributed by atoms with Crippen molar-refractivity contribution in [3.8, 4) is 11.3 Å². The van der Waals surface area contributed by atoms with Crippen LogP contribution in [-0.2, 0) is 15.7 Å². The van der Waals surface area contributed by atoms with Gasteiger partial charge in [-0.2, -0.15) is 13.2 Å². The molecule has 0 N–H and O–H groups in total. The van der Waals surface area contributed by atoms with Crippen LogP contribution in [0.1, 0.15) is 22.5 Å². The van der Waals surface area contributed by atoms with Gasteiger partial charge in [0.1, 0.15) is 11.9 Å². The van der Waals surface area contributed by atoms with Crippen LogP contribution >= 0.6 is 0 Å². The van der Waals surface area contributed by atoms with Crippen LogP contribution in [0, 0.1) is 0 Å². The van der Waals surface area contributed by atoms with E-state index < -0.39 is 17.7 Å². The Morgan fingerprint density at radius 3 is 2.74 bits per heavy atom. The number of rotatable bonds is 3. The lowest BCUT2D eigenvalue weighted by Crippen LogP contribution is -2.17. The first-order valence-electron chi connectivity index (χ1n) is 7.00. The highest BCUT2D eigenvalue weighted by Crippen LogP contribution is 2.32. The topological polar surface area (TPSA) is 48.7 Å². The maximum absolute atomic E-state index is 12.7. The van der Waals surface area contributed by atoms with E-state index in [0.717, 1.165) is 12.1 Å². The molecule has 0 spiro atoms. The van der Waals surface area contributed by atoms with Crippen molar-refractivity contribution in [2.24, 2.45) is 0 Å². The Labute approximate surface area is 129 Å². The van der Waals surface area contributed by atoms with E-state index in [1.54, 1.807) is 0 Å². The number of ether oxygens (including phenoxy) is 2. The summed E-state index contributed by atoms with van der Waals surface area (Å²) in [7, 11) is 0. The lowest BCUT2D eigenvalue weighted by molar-refractivity contribution is -0.137. The molecule has 1 aromatic carbocycles. The Kier molecular flexibility index (Phi) is 4.12. The molecule has 23 heavy (non-hydrogen) atoms. The van der Waals surface area contributed by atoms with E-state index in [-0.39, 0.29) is 23.2 Å². The summed E-state index contributed by atoms with van der Waals surface area (Å²) in [6.45, 7) is 0.874. The third kappa shape index (κ3) is 3.56. The molecule has 0 aliphatic carbocycles. The standard InChI is InChI=1S/C16H13F3O4/c17-16(18,19)11-3-1-2-10(8-11)13-4-5-14(23-13)15(20)22-12-6-7-21-9-12/h1-5,8,12H,6-7,9H2. The normalized spacial score (nSPS) is 18.1. The van der Waals surface area contributed by atoms with E-state index in [2.05, 4.69) is 0 Å². The summed E-state index contributed by atoms with van der Waals surface area (Å²) in [6, 6.07) is 7.54. The smallest absolute Gasteiger partial charge is 0.416 e. The summed E-state index contributed by atoms with van der Waals surface area (Å²) in [5.41, 5.74) is -0.540. The van der Waals surface area contributed by atoms with E-state index in [1.807, 2.05) is 0 Å². The molecule has 7 heteroatoms. The molecule has 0 radical (unpaired) electrons. The molecule has 4 nitrogen and oxygen atoms in total. The predicted molar refractivity (Wildman–Crippen MR) is 73.8 cm³/mol. The van der Waals surface area contributed by atoms with Crippen LogP contribution in [0.25, 0.3) is 11.3 Å². The molecule has 2 aromatic rings. The molecule has 1 aliphatic heterocycles. The highest BCUT2D eigenvalue weighted by Gasteiger charge is 2.30. The highest BCUT2D eigenvalue weighted by molar-refractivity contribution is 5.87. The van der Waals surface area contributed by atoms with Gasteiger partial charge in [0.2, 0.25) is 5.76 Å². The Balaban J connectivity index is 1.77. The van der Waals surface area contributed by atoms with E-state index >= 15 is 0 Å². The zero-order valence-electron chi connectivity index (χ0n) is 11.9. The van der Waals surface area contributed by atoms with Crippen molar-refractivity contribution < 1.29 is 31.9 Å². The summed E-state index contributed by atoms with van der Waals surface area (Å²) < 4.78 is 53.8. The number of furan rings is 1. The summed E-state index contributed by atoms with van der Waals surface area (Å²) in [6.07, 6.45) is -4.13. The third-order valence-corrected chi connectivity index (χ3v) is 3.44. The van der Waals surface area contributed by atoms with Gasteiger partial charge < -0.3 is 13.9 Å². The van der Waals surface area contributed by atoms with Crippen molar-refractivity contribution in [1.29, 1.82) is 0 Å². The highest BCUT2D eigenvalue weighted by atomic mass is 19.4. The average molecular weight is 326 g/mol. The first kappa shape index (κ1) is 15.6. The minimum absolute atomic E-state index is 0.0516. The molecular weight excluding hydrogens is 313 g/mol. The molecule has 1 saturated heterocycles. The molecule has 3 rings (SSSR count). The fraction of sp³-hybridized carbons (Fsp3) is 0.312. The minimum atomic E-state index is -4.44. The molecule has 0 amide bonds. The average Bonchev–Trinajstić information content (AvgIpc) is 3.17. The number of alkyl halides is 3. The Hall–Kier alpha value is -2.28. The molecule has 1 unspecified atom stereocenters. The number of carbonyl (C=O) groups is 1. The Morgan fingerprint density at radius 2 is 2.04 bits per heavy atom. The maximum Gasteiger partial charge on any atom is 0.416 e. The number of hydrogen-bond donors (Lipinski definition) is 0. The van der Waals surface area contributed by atoms with E-state index in [0.29, 0.717) is 19.6 Å². The first-order chi connectivity index (χ1) is 10.9. The second-order valence-electron chi connectivity index (χ2n) is 5.13. The number of carbonyl (C=O) groups excluding carboxylic acids is 1. The van der Waals surface area contributed by atoms with Crippen molar-refractivity contribution in [2.45, 2.75) is 18.7 Å². The zero-order chi connectivity index (χ0) is 16.4. The fourth-order valence-corrected chi connectivity index (χ4v) is 2.27. The van der Waals surface area contributed by atoms with Gasteiger partial charge in [0.05, 0.1) is 18.8 Å². The van der Waals surface area contributed by atoms with Crippen molar-refractivity contribution in [1.82, 2.24) is 0 Å². The summed E-state index contributed by atoms with van der Waals surface area (Å²) >= 11 is 0. The van der Waals surface area contributed by atoms with Crippen molar-refractivity contribution in [3.05, 3.63) is 47.7 Å². The lowest BCUT2D eigenvalue weighted by Gasteiger charge is -2.08. The summed E-state index contributed by atoms with van der Waals surface area (Å²) in [5, 5.41) is 0. The molecule has 122 valence electrons. The van der Waals surface area contributed by atoms with Crippen molar-refractivity contribution >= 4 is 5.97 Å². The molecule has 1 aliphatic rings. The predicted octanol–water partition coefficient (Wildman–Crippen LogP) is 3.91. The fourth-order valence-electron chi connectivity index (χ4n) is 2.27. The second-order valence-corrected chi connectivity index (χ2v) is 5.13. The van der Waals surface area contributed by atoms with Crippen molar-refractivity contribution in [2.75, 3.05) is 13.2 Å². The van der Waals surface area contributed by atoms with Gasteiger partial charge in [-0.1, -0.05) is 12.1 Å². The van der Waals surface area contributed by atoms with Crippen LogP contribution in [0.4, 0.5) is 13.2 Å². The van der Waals surface area contributed by atoms with E-state index in [4.69, 9.17) is 13.9 Å². The minimum Gasteiger partial charge on any atom is -0.454 e. The van der Waals surface area contributed by atoms with E-state index in [9.17, 15) is 18.0 Å². The monoisotopic (exact) mass is 326 g/mol. The molecule has 0 bridgehead atoms. The quantitative estimate of drug-likeness (QED) is 0.803. The third-order valence-electron chi connectivity index (χ3n) is 3.44.